The second kappa shape index (κ2) is 5.88. The molecule has 0 unspecified atom stereocenters. The van der Waals surface area contributed by atoms with Crippen LogP contribution in [0.4, 0.5) is 4.79 Å². The van der Waals surface area contributed by atoms with Crippen LogP contribution in [0.5, 0.6) is 0 Å². The van der Waals surface area contributed by atoms with E-state index in [9.17, 15) is 13.2 Å². The van der Waals surface area contributed by atoms with Gasteiger partial charge >= 0.3 is 16.4 Å². The maximum absolute atomic E-state index is 12.4. The van der Waals surface area contributed by atoms with Gasteiger partial charge in [-0.25, -0.2) is 4.79 Å². The number of rotatable bonds is 4. The van der Waals surface area contributed by atoms with E-state index in [1.807, 2.05) is 0 Å². The zero-order valence-corrected chi connectivity index (χ0v) is 13.9. The first-order valence-electron chi connectivity index (χ1n) is 7.91. The highest BCUT2D eigenvalue weighted by molar-refractivity contribution is 7.80. The van der Waals surface area contributed by atoms with Crippen molar-refractivity contribution in [2.45, 2.75) is 43.4 Å². The lowest BCUT2D eigenvalue weighted by Gasteiger charge is -2.27. The highest BCUT2D eigenvalue weighted by Crippen LogP contribution is 2.38. The Hall–Kier alpha value is -1.80. The van der Waals surface area contributed by atoms with Gasteiger partial charge in [0.1, 0.15) is 6.04 Å². The number of carbonyl (C=O) groups excluding carboxylic acids is 1. The Labute approximate surface area is 143 Å². The molecule has 12 nitrogen and oxygen atoms in total. The first kappa shape index (κ1) is 16.7. The third-order valence-electron chi connectivity index (χ3n) is 4.70. The van der Waals surface area contributed by atoms with Crippen molar-refractivity contribution >= 4 is 16.4 Å². The average Bonchev–Trinajstić information content (AvgIpc) is 3.23. The number of nitrogens with zero attached hydrogens (tertiary/aromatic N) is 4. The van der Waals surface area contributed by atoms with Crippen molar-refractivity contribution in [1.82, 2.24) is 25.5 Å². The van der Waals surface area contributed by atoms with Gasteiger partial charge in [-0.2, -0.15) is 13.5 Å². The number of carbonyl (C=O) groups is 1. The Kier molecular flexibility index (Phi) is 3.92. The fraction of sp³-hybridized carbons (Fsp3) is 0.750. The minimum Gasteiger partial charge on any atom is -0.421 e. The molecule has 25 heavy (non-hydrogen) atoms. The average molecular weight is 374 g/mol. The van der Waals surface area contributed by atoms with Gasteiger partial charge in [0.05, 0.1) is 12.1 Å². The highest BCUT2D eigenvalue weighted by atomic mass is 32.3. The topological polar surface area (TPSA) is 164 Å². The lowest BCUT2D eigenvalue weighted by atomic mass is 10.0. The van der Waals surface area contributed by atoms with E-state index in [4.69, 9.17) is 14.7 Å². The Morgan fingerprint density at radius 1 is 1.32 bits per heavy atom. The number of fused-ring (bicyclic) bond motifs is 2. The number of hydrogen-bond donors (Lipinski definition) is 3. The SMILES string of the molecule is N[C@@H]1CN[C@@H](c2nnc([C@@H]3CC[C@H]4CN3C(=O)N4OS(=O)(=O)O)o2)C1. The monoisotopic (exact) mass is 374 g/mol. The molecule has 3 aliphatic rings. The summed E-state index contributed by atoms with van der Waals surface area (Å²) in [5, 5.41) is 12.0. The molecule has 13 heteroatoms. The summed E-state index contributed by atoms with van der Waals surface area (Å²) in [6.07, 6.45) is 1.68. The second-order valence-electron chi connectivity index (χ2n) is 6.45. The fourth-order valence-electron chi connectivity index (χ4n) is 3.56. The van der Waals surface area contributed by atoms with Gasteiger partial charge in [-0.1, -0.05) is 0 Å². The number of hydrogen-bond acceptors (Lipinski definition) is 9. The highest BCUT2D eigenvalue weighted by Gasteiger charge is 2.49. The maximum atomic E-state index is 12.4. The molecule has 0 saturated carbocycles. The molecule has 2 amide bonds. The number of amides is 2. The third-order valence-corrected chi connectivity index (χ3v) is 5.05. The van der Waals surface area contributed by atoms with Crippen LogP contribution in [0.25, 0.3) is 0 Å². The first-order valence-corrected chi connectivity index (χ1v) is 9.27. The van der Waals surface area contributed by atoms with Crippen LogP contribution in [0.15, 0.2) is 4.42 Å². The van der Waals surface area contributed by atoms with Gasteiger partial charge in [-0.15, -0.1) is 14.5 Å². The molecule has 3 saturated heterocycles. The number of urea groups is 1. The molecule has 0 radical (unpaired) electrons. The normalized spacial score (nSPS) is 32.6. The van der Waals surface area contributed by atoms with Crippen LogP contribution in [0.2, 0.25) is 0 Å². The maximum Gasteiger partial charge on any atom is 0.418 e. The van der Waals surface area contributed by atoms with Crippen molar-refractivity contribution in [2.75, 3.05) is 13.1 Å². The summed E-state index contributed by atoms with van der Waals surface area (Å²) in [5.74, 6) is 0.709. The summed E-state index contributed by atoms with van der Waals surface area (Å²) in [5.41, 5.74) is 5.85. The van der Waals surface area contributed by atoms with Gasteiger partial charge in [0, 0.05) is 19.1 Å². The molecule has 138 valence electrons. The first-order chi connectivity index (χ1) is 11.8. The number of nitrogens with two attached hydrogens (primary N) is 1. The number of piperidine rings is 1. The Morgan fingerprint density at radius 3 is 2.76 bits per heavy atom. The van der Waals surface area contributed by atoms with Crippen molar-refractivity contribution in [3.63, 3.8) is 0 Å². The van der Waals surface area contributed by atoms with Crippen molar-refractivity contribution in [2.24, 2.45) is 5.73 Å². The van der Waals surface area contributed by atoms with Crippen molar-refractivity contribution in [3.05, 3.63) is 11.8 Å². The largest absolute Gasteiger partial charge is 0.421 e. The number of hydroxylamine groups is 2. The molecule has 3 fully saturated rings. The predicted octanol–water partition coefficient (Wildman–Crippen LogP) is -0.893. The summed E-state index contributed by atoms with van der Waals surface area (Å²) in [6.45, 7) is 0.920. The van der Waals surface area contributed by atoms with E-state index < -0.39 is 28.5 Å². The molecule has 0 spiro atoms. The van der Waals surface area contributed by atoms with Crippen LogP contribution < -0.4 is 11.1 Å². The van der Waals surface area contributed by atoms with Crippen molar-refractivity contribution in [1.29, 1.82) is 0 Å². The fourth-order valence-corrected chi connectivity index (χ4v) is 3.95. The van der Waals surface area contributed by atoms with Gasteiger partial charge in [0.2, 0.25) is 11.8 Å². The molecule has 3 aliphatic heterocycles. The quantitative estimate of drug-likeness (QED) is 0.563. The third kappa shape index (κ3) is 3.08. The lowest BCUT2D eigenvalue weighted by Crippen LogP contribution is -2.35. The molecule has 1 aromatic heterocycles. The van der Waals surface area contributed by atoms with Gasteiger partial charge in [0.15, 0.2) is 0 Å². The zero-order chi connectivity index (χ0) is 17.8. The molecule has 4 heterocycles. The molecular weight excluding hydrogens is 356 g/mol. The summed E-state index contributed by atoms with van der Waals surface area (Å²) in [4.78, 5) is 13.8. The van der Waals surface area contributed by atoms with E-state index in [1.165, 1.54) is 4.90 Å². The zero-order valence-electron chi connectivity index (χ0n) is 13.1. The predicted molar refractivity (Wildman–Crippen MR) is 80.0 cm³/mol. The molecule has 4 N–H and O–H groups in total. The van der Waals surface area contributed by atoms with E-state index >= 15 is 0 Å². The number of nitrogens with one attached hydrogen (secondary N) is 1. The van der Waals surface area contributed by atoms with Gasteiger partial charge in [-0.3, -0.25) is 4.55 Å². The minimum atomic E-state index is -4.77. The lowest BCUT2D eigenvalue weighted by molar-refractivity contribution is -0.0317. The standard InChI is InChI=1S/C12H18N6O6S/c13-6-3-8(14-4-6)10-15-16-11(23-10)9-2-1-7-5-17(9)12(19)18(7)24-25(20,21)22/h6-9,14H,1-5,13H2,(H,20,21,22)/t6-,7-,8+,9-/m0/s1. The van der Waals surface area contributed by atoms with E-state index in [1.54, 1.807) is 0 Å². The van der Waals surface area contributed by atoms with Crippen LogP contribution in [-0.2, 0) is 14.7 Å². The Morgan fingerprint density at radius 2 is 2.08 bits per heavy atom. The molecule has 4 atom stereocenters. The molecule has 0 aromatic carbocycles. The van der Waals surface area contributed by atoms with Crippen molar-refractivity contribution in [3.8, 4) is 0 Å². The summed E-state index contributed by atoms with van der Waals surface area (Å²) >= 11 is 0. The van der Waals surface area contributed by atoms with Gasteiger partial charge in [0.25, 0.3) is 0 Å². The van der Waals surface area contributed by atoms with E-state index in [-0.39, 0.29) is 24.5 Å². The van der Waals surface area contributed by atoms with Crippen LogP contribution in [0.1, 0.15) is 43.1 Å². The van der Waals surface area contributed by atoms with Crippen LogP contribution >= 0.6 is 0 Å². The molecular formula is C12H18N6O6S. The van der Waals surface area contributed by atoms with Crippen molar-refractivity contribution < 1.29 is 26.5 Å². The summed E-state index contributed by atoms with van der Waals surface area (Å²) < 4.78 is 40.8. The summed E-state index contributed by atoms with van der Waals surface area (Å²) in [6, 6.07) is -1.66. The minimum absolute atomic E-state index is 0.0297. The smallest absolute Gasteiger partial charge is 0.418 e. The Bertz CT molecular complexity index is 783. The van der Waals surface area contributed by atoms with E-state index in [0.717, 1.165) is 0 Å². The second-order valence-corrected chi connectivity index (χ2v) is 7.45. The molecule has 1 aromatic rings. The molecule has 0 aliphatic carbocycles. The van der Waals surface area contributed by atoms with Gasteiger partial charge in [-0.05, 0) is 19.3 Å². The van der Waals surface area contributed by atoms with Crippen LogP contribution in [-0.4, -0.2) is 64.3 Å². The van der Waals surface area contributed by atoms with E-state index in [0.29, 0.717) is 36.8 Å². The van der Waals surface area contributed by atoms with Crippen LogP contribution in [0.3, 0.4) is 0 Å². The molecule has 2 bridgehead atoms. The van der Waals surface area contributed by atoms with Crippen LogP contribution in [0, 0.1) is 0 Å². The summed E-state index contributed by atoms with van der Waals surface area (Å²) in [7, 11) is -4.77. The van der Waals surface area contributed by atoms with Gasteiger partial charge < -0.3 is 20.4 Å². The van der Waals surface area contributed by atoms with E-state index in [2.05, 4.69) is 19.8 Å². The molecule has 4 rings (SSSR count). The Balaban J connectivity index is 1.51. The number of aromatic nitrogens is 2.